The zero-order valence-electron chi connectivity index (χ0n) is 12.9. The third-order valence-electron chi connectivity index (χ3n) is 4.39. The van der Waals surface area contributed by atoms with Gasteiger partial charge in [0.1, 0.15) is 0 Å². The van der Waals surface area contributed by atoms with Crippen LogP contribution in [0.15, 0.2) is 36.4 Å². The van der Waals surface area contributed by atoms with Crippen LogP contribution in [0.5, 0.6) is 0 Å². The van der Waals surface area contributed by atoms with Gasteiger partial charge >= 0.3 is 0 Å². The second-order valence-corrected chi connectivity index (χ2v) is 5.65. The maximum Gasteiger partial charge on any atom is 0.0440 e. The van der Waals surface area contributed by atoms with Crippen LogP contribution in [-0.2, 0) is 0 Å². The van der Waals surface area contributed by atoms with Gasteiger partial charge in [-0.1, -0.05) is 36.4 Å². The van der Waals surface area contributed by atoms with E-state index in [0.29, 0.717) is 0 Å². The highest BCUT2D eigenvalue weighted by Crippen LogP contribution is 2.35. The lowest BCUT2D eigenvalue weighted by Gasteiger charge is -2.24. The van der Waals surface area contributed by atoms with E-state index in [1.165, 1.54) is 33.4 Å². The lowest BCUT2D eigenvalue weighted by Crippen LogP contribution is -2.09. The largest absolute Gasteiger partial charge is 0.396 e. The van der Waals surface area contributed by atoms with Crippen LogP contribution < -0.4 is 0 Å². The van der Waals surface area contributed by atoms with Crippen LogP contribution in [0.4, 0.5) is 0 Å². The molecule has 20 heavy (non-hydrogen) atoms. The molecule has 1 N–H and O–H groups in total. The fourth-order valence-corrected chi connectivity index (χ4v) is 3.06. The first-order valence-corrected chi connectivity index (χ1v) is 7.29. The van der Waals surface area contributed by atoms with E-state index in [1.807, 2.05) is 6.07 Å². The highest BCUT2D eigenvalue weighted by atomic mass is 16.3. The molecule has 0 aliphatic rings. The topological polar surface area (TPSA) is 20.2 Å². The van der Waals surface area contributed by atoms with Gasteiger partial charge in [-0.05, 0) is 67.5 Å². The van der Waals surface area contributed by atoms with Crippen molar-refractivity contribution in [3.05, 3.63) is 69.8 Å². The van der Waals surface area contributed by atoms with Crippen LogP contribution in [0, 0.1) is 27.7 Å². The molecule has 1 unspecified atom stereocenters. The maximum atomic E-state index is 9.48. The Balaban J connectivity index is 2.61. The molecule has 1 atom stereocenters. The summed E-state index contributed by atoms with van der Waals surface area (Å²) in [6.07, 6.45) is 0.772. The van der Waals surface area contributed by atoms with Gasteiger partial charge in [0.25, 0.3) is 0 Å². The molecule has 0 aliphatic heterocycles. The predicted octanol–water partition coefficient (Wildman–Crippen LogP) is 4.43. The van der Waals surface area contributed by atoms with Gasteiger partial charge in [-0.15, -0.1) is 0 Å². The second-order valence-electron chi connectivity index (χ2n) is 5.65. The summed E-state index contributed by atoms with van der Waals surface area (Å²) >= 11 is 0. The van der Waals surface area contributed by atoms with Crippen LogP contribution in [0.3, 0.4) is 0 Å². The van der Waals surface area contributed by atoms with Crippen molar-refractivity contribution in [2.75, 3.05) is 6.61 Å². The minimum atomic E-state index is 0.214. The van der Waals surface area contributed by atoms with Gasteiger partial charge in [0.2, 0.25) is 0 Å². The first-order chi connectivity index (χ1) is 9.56. The first-order valence-electron chi connectivity index (χ1n) is 7.29. The van der Waals surface area contributed by atoms with Crippen LogP contribution >= 0.6 is 0 Å². The average Bonchev–Trinajstić information content (AvgIpc) is 2.45. The van der Waals surface area contributed by atoms with Gasteiger partial charge < -0.3 is 5.11 Å². The highest BCUT2D eigenvalue weighted by molar-refractivity contribution is 5.49. The van der Waals surface area contributed by atoms with E-state index in [-0.39, 0.29) is 12.5 Å². The Bertz CT molecular complexity index is 558. The van der Waals surface area contributed by atoms with Gasteiger partial charge in [0.05, 0.1) is 0 Å². The standard InChI is InChI=1S/C19H24O/c1-13-12-14(2)16(4)19(15(13)3)18(10-11-20)17-8-6-5-7-9-17/h5-9,12,18,20H,10-11H2,1-4H3. The van der Waals surface area contributed by atoms with E-state index in [0.717, 1.165) is 6.42 Å². The van der Waals surface area contributed by atoms with Gasteiger partial charge in [0, 0.05) is 12.5 Å². The number of aryl methyl sites for hydroxylation is 2. The minimum Gasteiger partial charge on any atom is -0.396 e. The van der Waals surface area contributed by atoms with Gasteiger partial charge in [-0.25, -0.2) is 0 Å². The second kappa shape index (κ2) is 6.23. The number of benzene rings is 2. The molecule has 0 spiro atoms. The molecular weight excluding hydrogens is 244 g/mol. The van der Waals surface area contributed by atoms with Crippen LogP contribution in [0.2, 0.25) is 0 Å². The third kappa shape index (κ3) is 2.78. The Kier molecular flexibility index (Phi) is 4.61. The van der Waals surface area contributed by atoms with E-state index >= 15 is 0 Å². The highest BCUT2D eigenvalue weighted by Gasteiger charge is 2.19. The molecule has 0 saturated heterocycles. The minimum absolute atomic E-state index is 0.214. The molecule has 0 fully saturated rings. The predicted molar refractivity (Wildman–Crippen MR) is 85.4 cm³/mol. The molecule has 2 rings (SSSR count). The Morgan fingerprint density at radius 2 is 1.45 bits per heavy atom. The Labute approximate surface area is 122 Å². The molecular formula is C19H24O. The molecule has 2 aromatic carbocycles. The van der Waals surface area contributed by atoms with E-state index in [2.05, 4.69) is 58.0 Å². The van der Waals surface area contributed by atoms with Crippen molar-refractivity contribution in [1.29, 1.82) is 0 Å². The summed E-state index contributed by atoms with van der Waals surface area (Å²) in [5, 5.41) is 9.48. The number of rotatable bonds is 4. The Morgan fingerprint density at radius 1 is 0.900 bits per heavy atom. The SMILES string of the molecule is Cc1cc(C)c(C)c(C(CCO)c2ccccc2)c1C. The zero-order valence-corrected chi connectivity index (χ0v) is 12.9. The fraction of sp³-hybridized carbons (Fsp3) is 0.368. The van der Waals surface area contributed by atoms with Gasteiger partial charge in [-0.3, -0.25) is 0 Å². The van der Waals surface area contributed by atoms with Crippen molar-refractivity contribution in [1.82, 2.24) is 0 Å². The summed E-state index contributed by atoms with van der Waals surface area (Å²) in [6.45, 7) is 8.96. The molecule has 106 valence electrons. The lowest BCUT2D eigenvalue weighted by atomic mass is 9.81. The van der Waals surface area contributed by atoms with Crippen LogP contribution in [-0.4, -0.2) is 11.7 Å². The normalized spacial score (nSPS) is 12.4. The van der Waals surface area contributed by atoms with E-state index in [4.69, 9.17) is 0 Å². The molecule has 0 bridgehead atoms. The molecule has 0 aliphatic carbocycles. The fourth-order valence-electron chi connectivity index (χ4n) is 3.06. The quantitative estimate of drug-likeness (QED) is 0.869. The summed E-state index contributed by atoms with van der Waals surface area (Å²) in [5.74, 6) is 0.278. The Hall–Kier alpha value is -1.60. The summed E-state index contributed by atoms with van der Waals surface area (Å²) in [4.78, 5) is 0. The maximum absolute atomic E-state index is 9.48. The van der Waals surface area contributed by atoms with E-state index in [1.54, 1.807) is 0 Å². The number of aliphatic hydroxyl groups excluding tert-OH is 1. The molecule has 0 heterocycles. The zero-order chi connectivity index (χ0) is 14.7. The van der Waals surface area contributed by atoms with Crippen molar-refractivity contribution in [2.24, 2.45) is 0 Å². The molecule has 0 saturated carbocycles. The van der Waals surface area contributed by atoms with Crippen LogP contribution in [0.1, 0.15) is 45.7 Å². The molecule has 1 nitrogen and oxygen atoms in total. The third-order valence-corrected chi connectivity index (χ3v) is 4.39. The number of hydrogen-bond donors (Lipinski definition) is 1. The summed E-state index contributed by atoms with van der Waals surface area (Å²) in [7, 11) is 0. The van der Waals surface area contributed by atoms with Gasteiger partial charge in [0.15, 0.2) is 0 Å². The van der Waals surface area contributed by atoms with E-state index < -0.39 is 0 Å². The lowest BCUT2D eigenvalue weighted by molar-refractivity contribution is 0.281. The molecule has 2 aromatic rings. The van der Waals surface area contributed by atoms with Crippen molar-refractivity contribution in [3.8, 4) is 0 Å². The number of aliphatic hydroxyl groups is 1. The summed E-state index contributed by atoms with van der Waals surface area (Å²) in [5.41, 5.74) is 8.07. The van der Waals surface area contributed by atoms with Crippen molar-refractivity contribution in [3.63, 3.8) is 0 Å². The Morgan fingerprint density at radius 3 is 1.95 bits per heavy atom. The smallest absolute Gasteiger partial charge is 0.0440 e. The summed E-state index contributed by atoms with van der Waals surface area (Å²) < 4.78 is 0. The first kappa shape index (κ1) is 14.8. The molecule has 0 aromatic heterocycles. The number of hydrogen-bond acceptors (Lipinski definition) is 1. The summed E-state index contributed by atoms with van der Waals surface area (Å²) in [6, 6.07) is 12.8. The van der Waals surface area contributed by atoms with E-state index in [9.17, 15) is 5.11 Å². The molecule has 0 radical (unpaired) electrons. The van der Waals surface area contributed by atoms with Crippen molar-refractivity contribution < 1.29 is 5.11 Å². The monoisotopic (exact) mass is 268 g/mol. The molecule has 0 amide bonds. The molecule has 1 heteroatoms. The van der Waals surface area contributed by atoms with Crippen molar-refractivity contribution >= 4 is 0 Å². The average molecular weight is 268 g/mol. The van der Waals surface area contributed by atoms with Crippen molar-refractivity contribution in [2.45, 2.75) is 40.0 Å². The van der Waals surface area contributed by atoms with Crippen LogP contribution in [0.25, 0.3) is 0 Å². The van der Waals surface area contributed by atoms with Gasteiger partial charge in [-0.2, -0.15) is 0 Å².